The van der Waals surface area contributed by atoms with Gasteiger partial charge in [0.15, 0.2) is 4.34 Å². The van der Waals surface area contributed by atoms with Gasteiger partial charge in [-0.25, -0.2) is 9.97 Å². The lowest BCUT2D eigenvalue weighted by Crippen LogP contribution is -2.08. The molecule has 0 atom stereocenters. The van der Waals surface area contributed by atoms with Gasteiger partial charge in [-0.15, -0.1) is 0 Å². The molecule has 7 heteroatoms. The van der Waals surface area contributed by atoms with E-state index in [1.165, 1.54) is 11.5 Å². The predicted molar refractivity (Wildman–Crippen MR) is 81.4 cm³/mol. The lowest BCUT2D eigenvalue weighted by molar-refractivity contribution is 0.764. The van der Waals surface area contributed by atoms with Crippen LogP contribution in [-0.2, 0) is 13.0 Å². The first-order chi connectivity index (χ1) is 9.81. The molecule has 1 N–H and O–H groups in total. The van der Waals surface area contributed by atoms with Gasteiger partial charge in [-0.1, -0.05) is 13.0 Å². The molecule has 0 radical (unpaired) electrons. The van der Waals surface area contributed by atoms with Crippen LogP contribution in [0.2, 0.25) is 0 Å². The quantitative estimate of drug-likeness (QED) is 0.785. The van der Waals surface area contributed by atoms with Gasteiger partial charge in [-0.05, 0) is 42.5 Å². The molecule has 3 rings (SSSR count). The van der Waals surface area contributed by atoms with E-state index in [2.05, 4.69) is 31.0 Å². The van der Waals surface area contributed by atoms with Crippen LogP contribution in [0.4, 0.5) is 0 Å². The van der Waals surface area contributed by atoms with E-state index >= 15 is 0 Å². The summed E-state index contributed by atoms with van der Waals surface area (Å²) in [7, 11) is 1.94. The summed E-state index contributed by atoms with van der Waals surface area (Å²) in [5.74, 6) is 0.899. The van der Waals surface area contributed by atoms with Gasteiger partial charge in [0, 0.05) is 19.2 Å². The monoisotopic (exact) mass is 305 g/mol. The highest BCUT2D eigenvalue weighted by atomic mass is 32.2. The van der Waals surface area contributed by atoms with Crippen LogP contribution in [0.3, 0.4) is 0 Å². The van der Waals surface area contributed by atoms with E-state index in [0.29, 0.717) is 0 Å². The minimum atomic E-state index is 0.771. The molecular weight excluding hydrogens is 290 g/mol. The van der Waals surface area contributed by atoms with Gasteiger partial charge < -0.3 is 9.72 Å². The number of rotatable bonds is 5. The number of hydrogen-bond acceptors (Lipinski definition) is 6. The van der Waals surface area contributed by atoms with Crippen molar-refractivity contribution >= 4 is 28.9 Å². The Morgan fingerprint density at radius 2 is 2.25 bits per heavy atom. The fourth-order valence-electron chi connectivity index (χ4n) is 1.94. The van der Waals surface area contributed by atoms with Crippen molar-refractivity contribution < 1.29 is 0 Å². The van der Waals surface area contributed by atoms with Crippen LogP contribution in [0.25, 0.3) is 5.65 Å². The zero-order valence-electron chi connectivity index (χ0n) is 11.3. The minimum absolute atomic E-state index is 0.771. The molecule has 0 spiro atoms. The predicted octanol–water partition coefficient (Wildman–Crippen LogP) is 2.62. The van der Waals surface area contributed by atoms with E-state index in [4.69, 9.17) is 0 Å². The second kappa shape index (κ2) is 5.90. The molecule has 0 aliphatic rings. The van der Waals surface area contributed by atoms with Crippen molar-refractivity contribution in [3.8, 4) is 0 Å². The van der Waals surface area contributed by atoms with Crippen LogP contribution in [0.15, 0.2) is 33.8 Å². The van der Waals surface area contributed by atoms with Crippen molar-refractivity contribution in [2.24, 2.45) is 0 Å². The number of hydrogen-bond donors (Lipinski definition) is 1. The Hall–Kier alpha value is -1.44. The van der Waals surface area contributed by atoms with E-state index in [1.807, 2.05) is 31.4 Å². The van der Waals surface area contributed by atoms with Crippen molar-refractivity contribution in [1.82, 2.24) is 24.1 Å². The summed E-state index contributed by atoms with van der Waals surface area (Å²) >= 11 is 3.03. The van der Waals surface area contributed by atoms with E-state index in [9.17, 15) is 0 Å². The van der Waals surface area contributed by atoms with E-state index in [0.717, 1.165) is 39.5 Å². The SMILES string of the molecule is CCc1nsc(Sc2nc3ccccn3c2CNC)n1. The topological polar surface area (TPSA) is 55.1 Å². The molecule has 3 aromatic rings. The maximum Gasteiger partial charge on any atom is 0.176 e. The minimum Gasteiger partial charge on any atom is -0.314 e. The molecule has 3 heterocycles. The largest absolute Gasteiger partial charge is 0.314 e. The Labute approximate surface area is 125 Å². The van der Waals surface area contributed by atoms with Crippen molar-refractivity contribution in [2.75, 3.05) is 7.05 Å². The van der Waals surface area contributed by atoms with E-state index in [1.54, 1.807) is 11.8 Å². The first-order valence-corrected chi connectivity index (χ1v) is 8.01. The molecule has 5 nitrogen and oxygen atoms in total. The fraction of sp³-hybridized carbons (Fsp3) is 0.308. The summed E-state index contributed by atoms with van der Waals surface area (Å²) in [6, 6.07) is 6.03. The number of nitrogens with one attached hydrogen (secondary N) is 1. The van der Waals surface area contributed by atoms with E-state index < -0.39 is 0 Å². The first kappa shape index (κ1) is 13.5. The zero-order chi connectivity index (χ0) is 13.9. The second-order valence-electron chi connectivity index (χ2n) is 4.25. The molecule has 0 aliphatic carbocycles. The number of aromatic nitrogens is 4. The van der Waals surface area contributed by atoms with Gasteiger partial charge in [-0.3, -0.25) is 0 Å². The average Bonchev–Trinajstić information content (AvgIpc) is 3.05. The summed E-state index contributed by atoms with van der Waals surface area (Å²) in [4.78, 5) is 9.18. The van der Waals surface area contributed by atoms with Gasteiger partial charge in [0.05, 0.1) is 5.69 Å². The third-order valence-electron chi connectivity index (χ3n) is 2.89. The van der Waals surface area contributed by atoms with Gasteiger partial charge >= 0.3 is 0 Å². The number of imidazole rings is 1. The molecule has 20 heavy (non-hydrogen) atoms. The number of pyridine rings is 1. The Morgan fingerprint density at radius 3 is 3.00 bits per heavy atom. The summed E-state index contributed by atoms with van der Waals surface area (Å²) < 4.78 is 7.38. The average molecular weight is 305 g/mol. The van der Waals surface area contributed by atoms with Crippen LogP contribution in [0, 0.1) is 0 Å². The fourth-order valence-corrected chi connectivity index (χ4v) is 3.68. The molecule has 0 fully saturated rings. The summed E-state index contributed by atoms with van der Waals surface area (Å²) in [5, 5.41) is 4.19. The Bertz CT molecular complexity index is 718. The molecule has 0 unspecified atom stereocenters. The molecule has 104 valence electrons. The molecule has 0 saturated heterocycles. The van der Waals surface area contributed by atoms with Crippen LogP contribution >= 0.6 is 23.3 Å². The van der Waals surface area contributed by atoms with Gasteiger partial charge in [0.1, 0.15) is 16.5 Å². The lowest BCUT2D eigenvalue weighted by atomic mass is 10.4. The molecule has 0 aliphatic heterocycles. The second-order valence-corrected chi connectivity index (χ2v) is 6.24. The normalized spacial score (nSPS) is 11.3. The van der Waals surface area contributed by atoms with Gasteiger partial charge in [0.25, 0.3) is 0 Å². The van der Waals surface area contributed by atoms with Crippen molar-refractivity contribution in [1.29, 1.82) is 0 Å². The highest BCUT2D eigenvalue weighted by Crippen LogP contribution is 2.31. The molecule has 3 aromatic heterocycles. The van der Waals surface area contributed by atoms with Crippen LogP contribution in [0.1, 0.15) is 18.4 Å². The van der Waals surface area contributed by atoms with Crippen LogP contribution in [0.5, 0.6) is 0 Å². The third-order valence-corrected chi connectivity index (χ3v) is 4.70. The van der Waals surface area contributed by atoms with Crippen molar-refractivity contribution in [3.63, 3.8) is 0 Å². The number of nitrogens with zero attached hydrogens (tertiary/aromatic N) is 4. The molecule has 0 bridgehead atoms. The first-order valence-electron chi connectivity index (χ1n) is 6.42. The smallest absolute Gasteiger partial charge is 0.176 e. The Morgan fingerprint density at radius 1 is 1.35 bits per heavy atom. The summed E-state index contributed by atoms with van der Waals surface area (Å²) in [6.07, 6.45) is 2.90. The van der Waals surface area contributed by atoms with Crippen molar-refractivity contribution in [3.05, 3.63) is 35.9 Å². The molecule has 0 aromatic carbocycles. The maximum absolute atomic E-state index is 4.69. The molecular formula is C13H15N5S2. The molecule has 0 saturated carbocycles. The Balaban J connectivity index is 1.99. The van der Waals surface area contributed by atoms with Gasteiger partial charge in [0.2, 0.25) is 0 Å². The Kier molecular flexibility index (Phi) is 4.00. The molecule has 0 amide bonds. The highest BCUT2D eigenvalue weighted by molar-refractivity contribution is 8.00. The summed E-state index contributed by atoms with van der Waals surface area (Å²) in [5.41, 5.74) is 2.11. The number of fused-ring (bicyclic) bond motifs is 1. The van der Waals surface area contributed by atoms with Crippen molar-refractivity contribution in [2.45, 2.75) is 29.3 Å². The third kappa shape index (κ3) is 2.56. The lowest BCUT2D eigenvalue weighted by Gasteiger charge is -2.02. The van der Waals surface area contributed by atoms with E-state index in [-0.39, 0.29) is 0 Å². The maximum atomic E-state index is 4.69. The number of aryl methyl sites for hydroxylation is 1. The van der Waals surface area contributed by atoms with Gasteiger partial charge in [-0.2, -0.15) is 4.37 Å². The van der Waals surface area contributed by atoms with Crippen LogP contribution < -0.4 is 5.32 Å². The highest BCUT2D eigenvalue weighted by Gasteiger charge is 2.14. The summed E-state index contributed by atoms with van der Waals surface area (Å²) in [6.45, 7) is 2.83. The van der Waals surface area contributed by atoms with Crippen LogP contribution in [-0.4, -0.2) is 25.8 Å². The zero-order valence-corrected chi connectivity index (χ0v) is 13.0. The standard InChI is InChI=1S/C13H15N5S2/c1-3-10-15-13(20-17-10)19-12-9(8-14-2)18-7-5-4-6-11(18)16-12/h4-7,14H,3,8H2,1-2H3.